The van der Waals surface area contributed by atoms with Crippen LogP contribution in [0.5, 0.6) is 0 Å². The SMILES string of the molecule is CC(C)c1cc(C(=O)N2CCOCC2)c(NC(=O)CSc2ccccc2)s1. The van der Waals surface area contributed by atoms with Crippen LogP contribution in [0.25, 0.3) is 0 Å². The lowest BCUT2D eigenvalue weighted by molar-refractivity contribution is -0.113. The maximum Gasteiger partial charge on any atom is 0.257 e. The average molecular weight is 405 g/mol. The summed E-state index contributed by atoms with van der Waals surface area (Å²) in [5, 5.41) is 3.60. The van der Waals surface area contributed by atoms with Crippen LogP contribution in [0.4, 0.5) is 5.00 Å². The second kappa shape index (κ2) is 9.39. The molecule has 1 aromatic heterocycles. The number of nitrogens with one attached hydrogen (secondary N) is 1. The number of hydrogen-bond donors (Lipinski definition) is 1. The largest absolute Gasteiger partial charge is 0.378 e. The molecule has 0 aliphatic carbocycles. The zero-order valence-corrected chi connectivity index (χ0v) is 17.2. The molecular weight excluding hydrogens is 380 g/mol. The molecule has 1 aliphatic rings. The Morgan fingerprint density at radius 2 is 1.93 bits per heavy atom. The van der Waals surface area contributed by atoms with Crippen LogP contribution < -0.4 is 5.32 Å². The van der Waals surface area contributed by atoms with Gasteiger partial charge in [-0.1, -0.05) is 32.0 Å². The molecule has 27 heavy (non-hydrogen) atoms. The van der Waals surface area contributed by atoms with Gasteiger partial charge in [0.25, 0.3) is 5.91 Å². The standard InChI is InChI=1S/C20H24N2O3S2/c1-14(2)17-12-16(20(24)22-8-10-25-11-9-22)19(27-17)21-18(23)13-26-15-6-4-3-5-7-15/h3-7,12,14H,8-11,13H2,1-2H3,(H,21,23). The molecular formula is C20H24N2O3S2. The molecule has 144 valence electrons. The van der Waals surface area contributed by atoms with Crippen LogP contribution in [0.15, 0.2) is 41.3 Å². The van der Waals surface area contributed by atoms with E-state index < -0.39 is 0 Å². The fourth-order valence-electron chi connectivity index (χ4n) is 2.71. The summed E-state index contributed by atoms with van der Waals surface area (Å²) < 4.78 is 5.33. The Bertz CT molecular complexity index is 784. The van der Waals surface area contributed by atoms with Crippen LogP contribution in [0, 0.1) is 0 Å². The van der Waals surface area contributed by atoms with Crippen molar-refractivity contribution in [3.05, 3.63) is 46.8 Å². The van der Waals surface area contributed by atoms with Crippen LogP contribution in [0.3, 0.4) is 0 Å². The summed E-state index contributed by atoms with van der Waals surface area (Å²) in [5.41, 5.74) is 0.587. The molecule has 2 amide bonds. The Labute approximate surface area is 168 Å². The fraction of sp³-hybridized carbons (Fsp3) is 0.400. The van der Waals surface area contributed by atoms with E-state index in [2.05, 4.69) is 19.2 Å². The highest BCUT2D eigenvalue weighted by Gasteiger charge is 2.25. The zero-order chi connectivity index (χ0) is 19.2. The van der Waals surface area contributed by atoms with Gasteiger partial charge in [0.15, 0.2) is 0 Å². The Hall–Kier alpha value is -1.83. The average Bonchev–Trinajstić information content (AvgIpc) is 3.11. The molecule has 5 nitrogen and oxygen atoms in total. The molecule has 0 saturated carbocycles. The molecule has 0 radical (unpaired) electrons. The summed E-state index contributed by atoms with van der Waals surface area (Å²) in [5.74, 6) is 0.476. The normalized spacial score (nSPS) is 14.4. The van der Waals surface area contributed by atoms with Gasteiger partial charge in [0.05, 0.1) is 24.5 Å². The maximum absolute atomic E-state index is 12.9. The minimum Gasteiger partial charge on any atom is -0.378 e. The molecule has 2 heterocycles. The first-order chi connectivity index (χ1) is 13.0. The molecule has 3 rings (SSSR count). The number of ether oxygens (including phenoxy) is 1. The van der Waals surface area contributed by atoms with Crippen molar-refractivity contribution in [3.63, 3.8) is 0 Å². The zero-order valence-electron chi connectivity index (χ0n) is 15.6. The Kier molecular flexibility index (Phi) is 6.93. The number of thioether (sulfide) groups is 1. The molecule has 0 unspecified atom stereocenters. The summed E-state index contributed by atoms with van der Waals surface area (Å²) in [6.45, 7) is 6.47. The van der Waals surface area contributed by atoms with Crippen molar-refractivity contribution in [2.24, 2.45) is 0 Å². The Morgan fingerprint density at radius 3 is 2.59 bits per heavy atom. The highest BCUT2D eigenvalue weighted by Crippen LogP contribution is 2.34. The second-order valence-electron chi connectivity index (χ2n) is 6.60. The summed E-state index contributed by atoms with van der Waals surface area (Å²) in [6, 6.07) is 11.7. The van der Waals surface area contributed by atoms with Crippen molar-refractivity contribution in [2.45, 2.75) is 24.7 Å². The lowest BCUT2D eigenvalue weighted by Gasteiger charge is -2.26. The quantitative estimate of drug-likeness (QED) is 0.737. The fourth-order valence-corrected chi connectivity index (χ4v) is 4.50. The van der Waals surface area contributed by atoms with E-state index in [1.54, 1.807) is 4.90 Å². The third-order valence-corrected chi connectivity index (χ3v) is 6.58. The van der Waals surface area contributed by atoms with Gasteiger partial charge in [0.2, 0.25) is 5.91 Å². The van der Waals surface area contributed by atoms with Gasteiger partial charge in [-0.15, -0.1) is 23.1 Å². The first-order valence-corrected chi connectivity index (χ1v) is 10.8. The Balaban J connectivity index is 1.71. The van der Waals surface area contributed by atoms with Crippen molar-refractivity contribution in [2.75, 3.05) is 37.4 Å². The number of amides is 2. The van der Waals surface area contributed by atoms with E-state index in [9.17, 15) is 9.59 Å². The third-order valence-electron chi connectivity index (χ3n) is 4.21. The first kappa shape index (κ1) is 19.9. The summed E-state index contributed by atoms with van der Waals surface area (Å²) in [6.07, 6.45) is 0. The van der Waals surface area contributed by atoms with Gasteiger partial charge < -0.3 is 15.0 Å². The molecule has 0 bridgehead atoms. The predicted octanol–water partition coefficient (Wildman–Crippen LogP) is 4.07. The molecule has 1 saturated heterocycles. The van der Waals surface area contributed by atoms with E-state index >= 15 is 0 Å². The van der Waals surface area contributed by atoms with E-state index in [1.165, 1.54) is 23.1 Å². The number of hydrogen-bond acceptors (Lipinski definition) is 5. The van der Waals surface area contributed by atoms with Crippen molar-refractivity contribution in [3.8, 4) is 0 Å². The molecule has 1 fully saturated rings. The smallest absolute Gasteiger partial charge is 0.257 e. The van der Waals surface area contributed by atoms with Crippen molar-refractivity contribution < 1.29 is 14.3 Å². The van der Waals surface area contributed by atoms with Crippen LogP contribution >= 0.6 is 23.1 Å². The minimum atomic E-state index is -0.1000. The summed E-state index contributed by atoms with van der Waals surface area (Å²) in [7, 11) is 0. The number of rotatable bonds is 6. The van der Waals surface area contributed by atoms with E-state index in [4.69, 9.17) is 4.74 Å². The molecule has 0 spiro atoms. The maximum atomic E-state index is 12.9. The van der Waals surface area contributed by atoms with E-state index in [1.807, 2.05) is 36.4 Å². The highest BCUT2D eigenvalue weighted by molar-refractivity contribution is 8.00. The van der Waals surface area contributed by atoms with Crippen molar-refractivity contribution >= 4 is 39.9 Å². The number of anilines is 1. The predicted molar refractivity (Wildman–Crippen MR) is 111 cm³/mol. The number of nitrogens with zero attached hydrogens (tertiary/aromatic N) is 1. The topological polar surface area (TPSA) is 58.6 Å². The monoisotopic (exact) mass is 404 g/mol. The minimum absolute atomic E-state index is 0.0348. The van der Waals surface area contributed by atoms with Gasteiger partial charge in [0.1, 0.15) is 5.00 Å². The number of carbonyl (C=O) groups excluding carboxylic acids is 2. The van der Waals surface area contributed by atoms with Gasteiger partial charge in [-0.05, 0) is 24.1 Å². The van der Waals surface area contributed by atoms with Gasteiger partial charge in [-0.2, -0.15) is 0 Å². The Morgan fingerprint density at radius 1 is 1.22 bits per heavy atom. The summed E-state index contributed by atoms with van der Waals surface area (Å²) in [4.78, 5) is 29.3. The number of morpholine rings is 1. The number of benzene rings is 1. The lowest BCUT2D eigenvalue weighted by atomic mass is 10.1. The van der Waals surface area contributed by atoms with E-state index in [0.717, 1.165) is 9.77 Å². The second-order valence-corrected chi connectivity index (χ2v) is 8.73. The van der Waals surface area contributed by atoms with Gasteiger partial charge in [0, 0.05) is 22.9 Å². The molecule has 0 atom stereocenters. The van der Waals surface area contributed by atoms with Gasteiger partial charge in [-0.3, -0.25) is 9.59 Å². The first-order valence-electron chi connectivity index (χ1n) is 9.03. The van der Waals surface area contributed by atoms with Crippen LogP contribution in [0.1, 0.15) is 35.0 Å². The van der Waals surface area contributed by atoms with E-state index in [0.29, 0.717) is 48.5 Å². The van der Waals surface area contributed by atoms with E-state index in [-0.39, 0.29) is 11.8 Å². The molecule has 1 aromatic carbocycles. The lowest BCUT2D eigenvalue weighted by Crippen LogP contribution is -2.40. The molecule has 7 heteroatoms. The molecule has 2 aromatic rings. The molecule has 1 aliphatic heterocycles. The third kappa shape index (κ3) is 5.34. The summed E-state index contributed by atoms with van der Waals surface area (Å²) >= 11 is 2.97. The van der Waals surface area contributed by atoms with Gasteiger partial charge in [-0.25, -0.2) is 0 Å². The van der Waals surface area contributed by atoms with Crippen LogP contribution in [-0.4, -0.2) is 48.8 Å². The number of carbonyl (C=O) groups is 2. The van der Waals surface area contributed by atoms with Crippen LogP contribution in [0.2, 0.25) is 0 Å². The molecule has 1 N–H and O–H groups in total. The van der Waals surface area contributed by atoms with Crippen molar-refractivity contribution in [1.29, 1.82) is 0 Å². The van der Waals surface area contributed by atoms with Crippen molar-refractivity contribution in [1.82, 2.24) is 4.90 Å². The van der Waals surface area contributed by atoms with Gasteiger partial charge >= 0.3 is 0 Å². The number of thiophene rings is 1. The highest BCUT2D eigenvalue weighted by atomic mass is 32.2. The van der Waals surface area contributed by atoms with Crippen LogP contribution in [-0.2, 0) is 9.53 Å².